The molecule has 0 bridgehead atoms. The van der Waals surface area contributed by atoms with Crippen molar-refractivity contribution in [3.05, 3.63) is 53.7 Å². The Morgan fingerprint density at radius 2 is 2.08 bits per heavy atom. The van der Waals surface area contributed by atoms with Gasteiger partial charge in [0, 0.05) is 17.5 Å². The molecule has 0 aliphatic carbocycles. The van der Waals surface area contributed by atoms with E-state index in [1.807, 2.05) is 6.07 Å². The van der Waals surface area contributed by atoms with Crippen LogP contribution in [-0.4, -0.2) is 36.4 Å². The second-order valence-electron chi connectivity index (χ2n) is 5.54. The van der Waals surface area contributed by atoms with Crippen molar-refractivity contribution in [3.8, 4) is 11.5 Å². The lowest BCUT2D eigenvalue weighted by atomic mass is 10.1. The van der Waals surface area contributed by atoms with E-state index in [9.17, 15) is 13.6 Å². The molecule has 0 saturated carbocycles. The number of methoxy groups -OCH3 is 1. The number of hydrogen-bond acceptors (Lipinski definition) is 4. The van der Waals surface area contributed by atoms with Gasteiger partial charge in [0.1, 0.15) is 0 Å². The van der Waals surface area contributed by atoms with Crippen molar-refractivity contribution in [2.45, 2.75) is 13.0 Å². The Kier molecular flexibility index (Phi) is 5.31. The smallest absolute Gasteiger partial charge is 0.387 e. The fraction of sp³-hybridized carbons (Fsp3) is 0.222. The van der Waals surface area contributed by atoms with Gasteiger partial charge < -0.3 is 14.8 Å². The Hall–Kier alpha value is -3.16. The van der Waals surface area contributed by atoms with Gasteiger partial charge in [0.15, 0.2) is 11.5 Å². The highest BCUT2D eigenvalue weighted by atomic mass is 19.3. The summed E-state index contributed by atoms with van der Waals surface area (Å²) in [6.45, 7) is -2.53. The van der Waals surface area contributed by atoms with E-state index in [1.165, 1.54) is 13.2 Å². The van der Waals surface area contributed by atoms with Crippen molar-refractivity contribution >= 4 is 16.8 Å². The highest BCUT2D eigenvalue weighted by Crippen LogP contribution is 2.29. The first-order chi connectivity index (χ1) is 12.6. The second-order valence-corrected chi connectivity index (χ2v) is 5.54. The van der Waals surface area contributed by atoms with Gasteiger partial charge >= 0.3 is 6.61 Å². The Balaban J connectivity index is 1.59. The number of aromatic amines is 1. The molecule has 1 aromatic heterocycles. The van der Waals surface area contributed by atoms with E-state index in [1.54, 1.807) is 30.5 Å². The maximum Gasteiger partial charge on any atom is 0.387 e. The van der Waals surface area contributed by atoms with E-state index in [-0.39, 0.29) is 17.4 Å². The number of hydrogen-bond donors (Lipinski definition) is 2. The number of H-pyrrole nitrogens is 1. The first kappa shape index (κ1) is 17.7. The van der Waals surface area contributed by atoms with Gasteiger partial charge in [-0.2, -0.15) is 13.9 Å². The van der Waals surface area contributed by atoms with Crippen molar-refractivity contribution in [2.24, 2.45) is 0 Å². The predicted octanol–water partition coefficient (Wildman–Crippen LogP) is 3.15. The zero-order chi connectivity index (χ0) is 18.5. The van der Waals surface area contributed by atoms with Gasteiger partial charge in [-0.3, -0.25) is 9.89 Å². The fourth-order valence-corrected chi connectivity index (χ4v) is 2.56. The number of carbonyl (C=O) groups excluding carboxylic acids is 1. The van der Waals surface area contributed by atoms with Crippen LogP contribution >= 0.6 is 0 Å². The maximum atomic E-state index is 12.3. The lowest BCUT2D eigenvalue weighted by Crippen LogP contribution is -2.25. The van der Waals surface area contributed by atoms with Crippen LogP contribution in [0.2, 0.25) is 0 Å². The quantitative estimate of drug-likeness (QED) is 0.678. The van der Waals surface area contributed by atoms with Crippen LogP contribution < -0.4 is 14.8 Å². The van der Waals surface area contributed by atoms with Crippen LogP contribution in [-0.2, 0) is 6.42 Å². The summed E-state index contributed by atoms with van der Waals surface area (Å²) < 4.78 is 34.1. The largest absolute Gasteiger partial charge is 0.493 e. The summed E-state index contributed by atoms with van der Waals surface area (Å²) in [5.74, 6) is -0.00640. The summed E-state index contributed by atoms with van der Waals surface area (Å²) >= 11 is 0. The summed E-state index contributed by atoms with van der Waals surface area (Å²) in [7, 11) is 1.38. The molecular weight excluding hydrogens is 344 g/mol. The summed E-state index contributed by atoms with van der Waals surface area (Å²) in [5, 5.41) is 10.5. The normalized spacial score (nSPS) is 10.9. The zero-order valence-corrected chi connectivity index (χ0v) is 14.0. The number of carbonyl (C=O) groups is 1. The molecule has 0 radical (unpaired) electrons. The lowest BCUT2D eigenvalue weighted by Gasteiger charge is -2.11. The van der Waals surface area contributed by atoms with E-state index in [4.69, 9.17) is 4.74 Å². The lowest BCUT2D eigenvalue weighted by molar-refractivity contribution is -0.0512. The maximum absolute atomic E-state index is 12.3. The minimum Gasteiger partial charge on any atom is -0.493 e. The molecular formula is C18H17F2N3O3. The summed E-state index contributed by atoms with van der Waals surface area (Å²) in [6, 6.07) is 9.97. The molecule has 0 unspecified atom stereocenters. The van der Waals surface area contributed by atoms with Crippen LogP contribution in [0.4, 0.5) is 8.78 Å². The van der Waals surface area contributed by atoms with Gasteiger partial charge in [-0.15, -0.1) is 0 Å². The van der Waals surface area contributed by atoms with Crippen LogP contribution in [0.1, 0.15) is 15.9 Å². The number of halogens is 2. The zero-order valence-electron chi connectivity index (χ0n) is 14.0. The van der Waals surface area contributed by atoms with Crippen LogP contribution in [0.25, 0.3) is 10.9 Å². The van der Waals surface area contributed by atoms with E-state index in [0.717, 1.165) is 16.5 Å². The molecule has 26 heavy (non-hydrogen) atoms. The number of benzene rings is 2. The Morgan fingerprint density at radius 1 is 1.23 bits per heavy atom. The van der Waals surface area contributed by atoms with E-state index < -0.39 is 6.61 Å². The first-order valence-electron chi connectivity index (χ1n) is 7.90. The highest BCUT2D eigenvalue weighted by Gasteiger charge is 2.11. The molecule has 0 spiro atoms. The van der Waals surface area contributed by atoms with Crippen LogP contribution in [0.5, 0.6) is 11.5 Å². The van der Waals surface area contributed by atoms with Gasteiger partial charge in [-0.05, 0) is 36.2 Å². The van der Waals surface area contributed by atoms with Gasteiger partial charge in [0.2, 0.25) is 0 Å². The van der Waals surface area contributed by atoms with E-state index in [0.29, 0.717) is 18.5 Å². The molecule has 6 nitrogen and oxygen atoms in total. The van der Waals surface area contributed by atoms with Gasteiger partial charge in [0.25, 0.3) is 5.91 Å². The Morgan fingerprint density at radius 3 is 2.85 bits per heavy atom. The number of aromatic nitrogens is 2. The first-order valence-corrected chi connectivity index (χ1v) is 7.90. The van der Waals surface area contributed by atoms with Crippen LogP contribution in [0.15, 0.2) is 42.6 Å². The SMILES string of the molecule is COc1cc(CCNC(=O)c2ccc3cn[nH]c3c2)ccc1OC(F)F. The Labute approximate surface area is 148 Å². The van der Waals surface area contributed by atoms with Gasteiger partial charge in [-0.25, -0.2) is 0 Å². The molecule has 1 heterocycles. The standard InChI is InChI=1S/C18H17F2N3O3/c1-25-16-8-11(2-5-15(16)26-18(19)20)6-7-21-17(24)12-3-4-13-10-22-23-14(13)9-12/h2-5,8-10,18H,6-7H2,1H3,(H,21,24)(H,22,23). The average Bonchev–Trinajstić information content (AvgIpc) is 3.10. The number of amides is 1. The summed E-state index contributed by atoms with van der Waals surface area (Å²) in [6.07, 6.45) is 2.20. The molecule has 2 aromatic carbocycles. The fourth-order valence-electron chi connectivity index (χ4n) is 2.56. The average molecular weight is 361 g/mol. The minimum absolute atomic E-state index is 0.0249. The Bertz CT molecular complexity index is 912. The molecule has 3 aromatic rings. The third-order valence-corrected chi connectivity index (χ3v) is 3.85. The topological polar surface area (TPSA) is 76.2 Å². The third-order valence-electron chi connectivity index (χ3n) is 3.85. The molecule has 0 saturated heterocycles. The van der Waals surface area contributed by atoms with E-state index in [2.05, 4.69) is 20.3 Å². The van der Waals surface area contributed by atoms with Gasteiger partial charge in [0.05, 0.1) is 18.8 Å². The monoisotopic (exact) mass is 361 g/mol. The van der Waals surface area contributed by atoms with Crippen molar-refractivity contribution < 1.29 is 23.0 Å². The number of ether oxygens (including phenoxy) is 2. The number of nitrogens with one attached hydrogen (secondary N) is 2. The van der Waals surface area contributed by atoms with Crippen LogP contribution in [0, 0.1) is 0 Å². The molecule has 1 amide bonds. The molecule has 136 valence electrons. The second kappa shape index (κ2) is 7.81. The van der Waals surface area contributed by atoms with E-state index >= 15 is 0 Å². The number of alkyl halides is 2. The predicted molar refractivity (Wildman–Crippen MR) is 91.8 cm³/mol. The molecule has 2 N–H and O–H groups in total. The number of nitrogens with zero attached hydrogens (tertiary/aromatic N) is 1. The molecule has 3 rings (SSSR count). The van der Waals surface area contributed by atoms with Crippen molar-refractivity contribution in [2.75, 3.05) is 13.7 Å². The number of rotatable bonds is 7. The molecule has 0 aliphatic heterocycles. The van der Waals surface area contributed by atoms with Crippen molar-refractivity contribution in [3.63, 3.8) is 0 Å². The summed E-state index contributed by atoms with van der Waals surface area (Å²) in [5.41, 5.74) is 2.14. The molecule has 0 aliphatic rings. The van der Waals surface area contributed by atoms with Crippen molar-refractivity contribution in [1.82, 2.24) is 15.5 Å². The molecule has 0 fully saturated rings. The van der Waals surface area contributed by atoms with Crippen molar-refractivity contribution in [1.29, 1.82) is 0 Å². The number of fused-ring (bicyclic) bond motifs is 1. The molecule has 0 atom stereocenters. The molecule has 8 heteroatoms. The third kappa shape index (κ3) is 4.08. The van der Waals surface area contributed by atoms with Gasteiger partial charge in [-0.1, -0.05) is 12.1 Å². The highest BCUT2D eigenvalue weighted by molar-refractivity contribution is 5.97. The minimum atomic E-state index is -2.92. The van der Waals surface area contributed by atoms with Crippen LogP contribution in [0.3, 0.4) is 0 Å². The summed E-state index contributed by atoms with van der Waals surface area (Å²) in [4.78, 5) is 12.2.